The van der Waals surface area contributed by atoms with E-state index in [1.165, 1.54) is 11.1 Å². The Morgan fingerprint density at radius 3 is 2.77 bits per heavy atom. The molecule has 4 rings (SSSR count). The molecule has 5 heteroatoms. The molecular formula is C21H20N2O2S. The zero-order valence-corrected chi connectivity index (χ0v) is 15.9. The lowest BCUT2D eigenvalue weighted by atomic mass is 10.1. The van der Waals surface area contributed by atoms with Crippen molar-refractivity contribution in [2.75, 3.05) is 11.4 Å². The van der Waals surface area contributed by atoms with Gasteiger partial charge in [0.25, 0.3) is 5.91 Å². The smallest absolute Gasteiger partial charge is 0.280 e. The number of rotatable bonds is 3. The van der Waals surface area contributed by atoms with Gasteiger partial charge in [-0.2, -0.15) is 0 Å². The van der Waals surface area contributed by atoms with E-state index in [-0.39, 0.29) is 5.91 Å². The molecule has 1 aliphatic rings. The lowest BCUT2D eigenvalue weighted by Gasteiger charge is -2.22. The van der Waals surface area contributed by atoms with Crippen LogP contribution in [0.15, 0.2) is 51.9 Å². The summed E-state index contributed by atoms with van der Waals surface area (Å²) in [6.45, 7) is 6.68. The normalized spacial score (nSPS) is 12.4. The first-order chi connectivity index (χ1) is 12.6. The third-order valence-corrected chi connectivity index (χ3v) is 5.96. The molecule has 2 aromatic carbocycles. The third-order valence-electron chi connectivity index (χ3n) is 4.86. The van der Waals surface area contributed by atoms with Gasteiger partial charge >= 0.3 is 0 Å². The van der Waals surface area contributed by atoms with Gasteiger partial charge in [-0.05, 0) is 56.2 Å². The summed E-state index contributed by atoms with van der Waals surface area (Å²) in [5.74, 6) is 1.31. The van der Waals surface area contributed by atoms with E-state index in [0.717, 1.165) is 27.5 Å². The fraction of sp³-hybridized carbons (Fsp3) is 0.238. The number of amides is 1. The second-order valence-corrected chi connectivity index (χ2v) is 7.46. The summed E-state index contributed by atoms with van der Waals surface area (Å²) in [4.78, 5) is 16.1. The number of hydrogen-bond donors (Lipinski definition) is 0. The summed E-state index contributed by atoms with van der Waals surface area (Å²) in [7, 11) is 0. The molecule has 4 nitrogen and oxygen atoms in total. The number of anilines is 1. The Kier molecular flexibility index (Phi) is 4.32. The van der Waals surface area contributed by atoms with E-state index in [4.69, 9.17) is 4.52 Å². The lowest BCUT2D eigenvalue weighted by molar-refractivity contribution is 0.0979. The number of carbonyl (C=O) groups excluding carboxylic acids is 1. The van der Waals surface area contributed by atoms with Gasteiger partial charge in [-0.25, -0.2) is 0 Å². The highest BCUT2D eigenvalue weighted by molar-refractivity contribution is 7.98. The molecule has 2 heterocycles. The van der Waals surface area contributed by atoms with E-state index in [0.29, 0.717) is 18.0 Å². The molecule has 26 heavy (non-hydrogen) atoms. The van der Waals surface area contributed by atoms with Crippen LogP contribution in [-0.2, 0) is 5.75 Å². The molecule has 0 unspecified atom stereocenters. The molecule has 0 spiro atoms. The van der Waals surface area contributed by atoms with Crippen molar-refractivity contribution in [1.82, 2.24) is 5.16 Å². The second kappa shape index (κ2) is 6.65. The first-order valence-electron chi connectivity index (χ1n) is 8.70. The van der Waals surface area contributed by atoms with E-state index in [2.05, 4.69) is 25.1 Å². The van der Waals surface area contributed by atoms with Crippen molar-refractivity contribution >= 4 is 23.4 Å². The Hall–Kier alpha value is -2.53. The monoisotopic (exact) mass is 364 g/mol. The summed E-state index contributed by atoms with van der Waals surface area (Å²) in [5, 5.41) is 4.15. The van der Waals surface area contributed by atoms with Gasteiger partial charge in [-0.15, -0.1) is 11.8 Å². The van der Waals surface area contributed by atoms with Gasteiger partial charge < -0.3 is 9.42 Å². The minimum absolute atomic E-state index is 0.110. The van der Waals surface area contributed by atoms with Gasteiger partial charge in [0.05, 0.1) is 0 Å². The van der Waals surface area contributed by atoms with Gasteiger partial charge in [0.1, 0.15) is 0 Å². The number of thioether (sulfide) groups is 1. The number of fused-ring (bicyclic) bond motifs is 3. The second-order valence-electron chi connectivity index (χ2n) is 6.44. The Morgan fingerprint density at radius 2 is 2.00 bits per heavy atom. The standard InChI is InChI=1S/C21H20N2O2S/c1-4-23(15-10-9-13(2)14(3)11-15)21(24)19-17-12-26-18-8-6-5-7-16(18)20(17)25-22-19/h5-11H,4,12H2,1-3H3. The highest BCUT2D eigenvalue weighted by Crippen LogP contribution is 2.42. The van der Waals surface area contributed by atoms with Crippen LogP contribution in [0.5, 0.6) is 0 Å². The minimum Gasteiger partial charge on any atom is -0.355 e. The largest absolute Gasteiger partial charge is 0.355 e. The average molecular weight is 364 g/mol. The summed E-state index contributed by atoms with van der Waals surface area (Å²) in [5.41, 5.74) is 5.59. The molecule has 0 saturated carbocycles. The van der Waals surface area contributed by atoms with Gasteiger partial charge in [-0.1, -0.05) is 23.4 Å². The maximum Gasteiger partial charge on any atom is 0.280 e. The number of benzene rings is 2. The highest BCUT2D eigenvalue weighted by Gasteiger charge is 2.30. The molecule has 0 bridgehead atoms. The molecule has 0 N–H and O–H groups in total. The molecule has 1 amide bonds. The van der Waals surface area contributed by atoms with Crippen molar-refractivity contribution in [3.8, 4) is 11.3 Å². The fourth-order valence-electron chi connectivity index (χ4n) is 3.22. The summed E-state index contributed by atoms with van der Waals surface area (Å²) >= 11 is 1.72. The number of aryl methyl sites for hydroxylation is 2. The van der Waals surface area contributed by atoms with E-state index in [1.807, 2.05) is 43.3 Å². The molecule has 1 aromatic heterocycles. The third kappa shape index (κ3) is 2.72. The van der Waals surface area contributed by atoms with E-state index in [1.54, 1.807) is 16.7 Å². The average Bonchev–Trinajstić information content (AvgIpc) is 3.09. The Morgan fingerprint density at radius 1 is 1.19 bits per heavy atom. The zero-order valence-electron chi connectivity index (χ0n) is 15.1. The molecular weight excluding hydrogens is 344 g/mol. The van der Waals surface area contributed by atoms with Crippen LogP contribution in [0.2, 0.25) is 0 Å². The number of aromatic nitrogens is 1. The maximum absolute atomic E-state index is 13.2. The van der Waals surface area contributed by atoms with E-state index in [9.17, 15) is 4.79 Å². The molecule has 0 saturated heterocycles. The van der Waals surface area contributed by atoms with Crippen LogP contribution in [0.4, 0.5) is 5.69 Å². The molecule has 3 aromatic rings. The molecule has 132 valence electrons. The predicted molar refractivity (Wildman–Crippen MR) is 105 cm³/mol. The van der Waals surface area contributed by atoms with Crippen molar-refractivity contribution in [1.29, 1.82) is 0 Å². The van der Waals surface area contributed by atoms with Crippen molar-refractivity contribution < 1.29 is 9.32 Å². The van der Waals surface area contributed by atoms with Crippen LogP contribution in [-0.4, -0.2) is 17.6 Å². The van der Waals surface area contributed by atoms with E-state index >= 15 is 0 Å². The SMILES string of the molecule is CCN(C(=O)c1noc2c1CSc1ccccc1-2)c1ccc(C)c(C)c1. The highest BCUT2D eigenvalue weighted by atomic mass is 32.2. The van der Waals surface area contributed by atoms with Gasteiger partial charge in [0.2, 0.25) is 0 Å². The Balaban J connectivity index is 1.73. The van der Waals surface area contributed by atoms with Gasteiger partial charge in [0, 0.05) is 34.0 Å². The van der Waals surface area contributed by atoms with Crippen molar-refractivity contribution in [2.45, 2.75) is 31.4 Å². The van der Waals surface area contributed by atoms with Crippen LogP contribution >= 0.6 is 11.8 Å². The van der Waals surface area contributed by atoms with Crippen molar-refractivity contribution in [3.63, 3.8) is 0 Å². The number of carbonyl (C=O) groups is 1. The molecule has 0 radical (unpaired) electrons. The fourth-order valence-corrected chi connectivity index (χ4v) is 4.28. The first kappa shape index (κ1) is 16.9. The molecule has 0 atom stereocenters. The number of hydrogen-bond acceptors (Lipinski definition) is 4. The van der Waals surface area contributed by atoms with Crippen LogP contribution in [0.3, 0.4) is 0 Å². The van der Waals surface area contributed by atoms with Crippen LogP contribution in [0.1, 0.15) is 34.1 Å². The zero-order chi connectivity index (χ0) is 18.3. The van der Waals surface area contributed by atoms with Gasteiger partial charge in [0.15, 0.2) is 11.5 Å². The molecule has 0 aliphatic carbocycles. The van der Waals surface area contributed by atoms with Crippen molar-refractivity contribution in [2.24, 2.45) is 0 Å². The minimum atomic E-state index is -0.110. The van der Waals surface area contributed by atoms with Crippen LogP contribution in [0, 0.1) is 13.8 Å². The quantitative estimate of drug-likeness (QED) is 0.638. The molecule has 0 fully saturated rings. The van der Waals surface area contributed by atoms with Gasteiger partial charge in [-0.3, -0.25) is 4.79 Å². The number of nitrogens with zero attached hydrogens (tertiary/aromatic N) is 2. The summed E-state index contributed by atoms with van der Waals surface area (Å²) in [6.07, 6.45) is 0. The Bertz CT molecular complexity index is 993. The maximum atomic E-state index is 13.2. The lowest BCUT2D eigenvalue weighted by Crippen LogP contribution is -2.31. The predicted octanol–water partition coefficient (Wildman–Crippen LogP) is 5.23. The topological polar surface area (TPSA) is 46.3 Å². The van der Waals surface area contributed by atoms with E-state index < -0.39 is 0 Å². The molecule has 1 aliphatic heterocycles. The van der Waals surface area contributed by atoms with Crippen LogP contribution < -0.4 is 4.90 Å². The summed E-state index contributed by atoms with van der Waals surface area (Å²) in [6, 6.07) is 14.2. The first-order valence-corrected chi connectivity index (χ1v) is 9.68. The summed E-state index contributed by atoms with van der Waals surface area (Å²) < 4.78 is 5.60. The van der Waals surface area contributed by atoms with Crippen molar-refractivity contribution in [3.05, 3.63) is 64.8 Å². The van der Waals surface area contributed by atoms with Crippen LogP contribution in [0.25, 0.3) is 11.3 Å². The Labute approximate surface area is 157 Å².